The number of aromatic nitrogens is 2. The summed E-state index contributed by atoms with van der Waals surface area (Å²) in [5, 5.41) is 0. The Bertz CT molecular complexity index is 717. The van der Waals surface area contributed by atoms with E-state index in [1.807, 2.05) is 0 Å². The summed E-state index contributed by atoms with van der Waals surface area (Å²) in [7, 11) is 0. The van der Waals surface area contributed by atoms with Gasteiger partial charge in [0.05, 0.1) is 13.1 Å². The fourth-order valence-corrected chi connectivity index (χ4v) is 2.98. The zero-order chi connectivity index (χ0) is 13.9. The first kappa shape index (κ1) is 15.8. The van der Waals surface area contributed by atoms with Crippen molar-refractivity contribution in [1.29, 1.82) is 0 Å². The van der Waals surface area contributed by atoms with Crippen LogP contribution in [0.3, 0.4) is 0 Å². The van der Waals surface area contributed by atoms with E-state index in [0.717, 1.165) is 19.5 Å². The van der Waals surface area contributed by atoms with Crippen molar-refractivity contribution >= 4 is 11.0 Å². The van der Waals surface area contributed by atoms with Gasteiger partial charge in [0.25, 0.3) is 5.82 Å². The van der Waals surface area contributed by atoms with Crippen LogP contribution in [0.25, 0.3) is 11.0 Å². The Labute approximate surface area is 136 Å². The molecule has 1 heterocycles. The average molecular weight is 345 g/mol. The minimum atomic E-state index is 0. The molecule has 0 aliphatic heterocycles. The molecule has 0 unspecified atom stereocenters. The molecular formula is C18H21BrN2. The highest BCUT2D eigenvalue weighted by molar-refractivity contribution is 5.72. The first-order valence-corrected chi connectivity index (χ1v) is 7.33. The lowest BCUT2D eigenvalue weighted by Crippen LogP contribution is -3.00. The molecule has 0 fully saturated rings. The molecule has 0 amide bonds. The standard InChI is InChI=1S/C18H21N2.BrH/c1-3-19-15(2)20(18-12-8-7-11-17(18)19)14-13-16-9-5-4-6-10-16;/h4-12H,3,13-14H2,1-2H3;1H/q+1;/p-1. The summed E-state index contributed by atoms with van der Waals surface area (Å²) in [4.78, 5) is 0. The van der Waals surface area contributed by atoms with Gasteiger partial charge in [-0.15, -0.1) is 0 Å². The van der Waals surface area contributed by atoms with Gasteiger partial charge in [0.15, 0.2) is 11.0 Å². The van der Waals surface area contributed by atoms with Gasteiger partial charge in [-0.05, 0) is 24.6 Å². The third-order valence-corrected chi connectivity index (χ3v) is 4.03. The number of benzene rings is 2. The van der Waals surface area contributed by atoms with E-state index in [2.05, 4.69) is 77.6 Å². The Morgan fingerprint density at radius 1 is 0.952 bits per heavy atom. The highest BCUT2D eigenvalue weighted by Gasteiger charge is 2.19. The maximum Gasteiger partial charge on any atom is 0.254 e. The van der Waals surface area contributed by atoms with Crippen LogP contribution in [0, 0.1) is 6.92 Å². The quantitative estimate of drug-likeness (QED) is 0.609. The molecule has 3 aromatic rings. The van der Waals surface area contributed by atoms with Gasteiger partial charge in [-0.25, -0.2) is 9.13 Å². The van der Waals surface area contributed by atoms with E-state index in [1.165, 1.54) is 22.4 Å². The molecule has 0 saturated heterocycles. The minimum Gasteiger partial charge on any atom is -1.00 e. The van der Waals surface area contributed by atoms with Crippen molar-refractivity contribution < 1.29 is 21.5 Å². The predicted octanol–water partition coefficient (Wildman–Crippen LogP) is 0.504. The lowest BCUT2D eigenvalue weighted by atomic mass is 10.1. The van der Waals surface area contributed by atoms with E-state index >= 15 is 0 Å². The maximum absolute atomic E-state index is 2.44. The fourth-order valence-electron chi connectivity index (χ4n) is 2.98. The highest BCUT2D eigenvalue weighted by atomic mass is 79.9. The van der Waals surface area contributed by atoms with Crippen molar-refractivity contribution in [1.82, 2.24) is 4.57 Å². The summed E-state index contributed by atoms with van der Waals surface area (Å²) in [6, 6.07) is 19.4. The lowest BCUT2D eigenvalue weighted by molar-refractivity contribution is -0.675. The maximum atomic E-state index is 2.44. The van der Waals surface area contributed by atoms with Crippen molar-refractivity contribution in [2.24, 2.45) is 0 Å². The second-order valence-corrected chi connectivity index (χ2v) is 5.17. The number of aryl methyl sites for hydroxylation is 3. The Morgan fingerprint density at radius 3 is 2.33 bits per heavy atom. The van der Waals surface area contributed by atoms with Gasteiger partial charge < -0.3 is 17.0 Å². The van der Waals surface area contributed by atoms with Crippen molar-refractivity contribution in [2.45, 2.75) is 33.4 Å². The molecule has 0 saturated carbocycles. The number of imidazole rings is 1. The van der Waals surface area contributed by atoms with Crippen LogP contribution in [-0.4, -0.2) is 4.57 Å². The van der Waals surface area contributed by atoms with Crippen molar-refractivity contribution in [2.75, 3.05) is 0 Å². The van der Waals surface area contributed by atoms with Gasteiger partial charge in [0.2, 0.25) is 0 Å². The van der Waals surface area contributed by atoms with Crippen LogP contribution < -0.4 is 21.5 Å². The normalized spacial score (nSPS) is 10.6. The SMILES string of the molecule is CC[n+]1c(C)n(CCc2ccccc2)c2ccccc21.[Br-]. The minimum absolute atomic E-state index is 0. The zero-order valence-corrected chi connectivity index (χ0v) is 14.2. The summed E-state index contributed by atoms with van der Waals surface area (Å²) in [6.07, 6.45) is 1.07. The van der Waals surface area contributed by atoms with Crippen molar-refractivity contribution in [3.8, 4) is 0 Å². The van der Waals surface area contributed by atoms with E-state index in [-0.39, 0.29) is 17.0 Å². The molecule has 3 heteroatoms. The summed E-state index contributed by atoms with van der Waals surface area (Å²) in [5.41, 5.74) is 4.07. The Hall–Kier alpha value is -1.61. The average Bonchev–Trinajstić information content (AvgIpc) is 2.77. The van der Waals surface area contributed by atoms with Gasteiger partial charge in [-0.1, -0.05) is 42.5 Å². The van der Waals surface area contributed by atoms with Gasteiger partial charge in [-0.3, -0.25) is 0 Å². The van der Waals surface area contributed by atoms with Crippen LogP contribution in [-0.2, 0) is 19.5 Å². The van der Waals surface area contributed by atoms with E-state index in [4.69, 9.17) is 0 Å². The number of hydrogen-bond acceptors (Lipinski definition) is 0. The van der Waals surface area contributed by atoms with Gasteiger partial charge in [0, 0.05) is 13.3 Å². The van der Waals surface area contributed by atoms with Crippen LogP contribution in [0.4, 0.5) is 0 Å². The summed E-state index contributed by atoms with van der Waals surface area (Å²) in [6.45, 7) is 6.48. The van der Waals surface area contributed by atoms with E-state index in [0.29, 0.717) is 0 Å². The summed E-state index contributed by atoms with van der Waals surface area (Å²) >= 11 is 0. The first-order valence-electron chi connectivity index (χ1n) is 7.33. The number of para-hydroxylation sites is 2. The number of rotatable bonds is 4. The lowest BCUT2D eigenvalue weighted by Gasteiger charge is -2.01. The summed E-state index contributed by atoms with van der Waals surface area (Å²) < 4.78 is 4.83. The monoisotopic (exact) mass is 344 g/mol. The third kappa shape index (κ3) is 3.03. The summed E-state index contributed by atoms with van der Waals surface area (Å²) in [5.74, 6) is 1.34. The van der Waals surface area contributed by atoms with Crippen LogP contribution in [0.15, 0.2) is 54.6 Å². The highest BCUT2D eigenvalue weighted by Crippen LogP contribution is 2.15. The molecule has 0 N–H and O–H groups in total. The van der Waals surface area contributed by atoms with Crippen LogP contribution in [0.1, 0.15) is 18.3 Å². The predicted molar refractivity (Wildman–Crippen MR) is 82.7 cm³/mol. The number of hydrogen-bond donors (Lipinski definition) is 0. The molecule has 0 radical (unpaired) electrons. The van der Waals surface area contributed by atoms with Crippen LogP contribution in [0.5, 0.6) is 0 Å². The molecule has 110 valence electrons. The van der Waals surface area contributed by atoms with Crippen LogP contribution >= 0.6 is 0 Å². The fraction of sp³-hybridized carbons (Fsp3) is 0.278. The number of nitrogens with zero attached hydrogens (tertiary/aromatic N) is 2. The molecule has 1 aromatic heterocycles. The van der Waals surface area contributed by atoms with Gasteiger partial charge in [0.1, 0.15) is 0 Å². The number of halogens is 1. The third-order valence-electron chi connectivity index (χ3n) is 4.03. The second kappa shape index (κ2) is 6.90. The van der Waals surface area contributed by atoms with Gasteiger partial charge in [-0.2, -0.15) is 0 Å². The Balaban J connectivity index is 0.00000161. The van der Waals surface area contributed by atoms with Crippen molar-refractivity contribution in [3.05, 3.63) is 66.0 Å². The molecular weight excluding hydrogens is 324 g/mol. The molecule has 0 aliphatic carbocycles. The zero-order valence-electron chi connectivity index (χ0n) is 12.6. The Kier molecular flexibility index (Phi) is 5.18. The van der Waals surface area contributed by atoms with Gasteiger partial charge >= 0.3 is 0 Å². The second-order valence-electron chi connectivity index (χ2n) is 5.17. The van der Waals surface area contributed by atoms with E-state index in [1.54, 1.807) is 0 Å². The molecule has 2 nitrogen and oxygen atoms in total. The van der Waals surface area contributed by atoms with E-state index < -0.39 is 0 Å². The molecule has 3 rings (SSSR count). The van der Waals surface area contributed by atoms with Crippen molar-refractivity contribution in [3.63, 3.8) is 0 Å². The molecule has 2 aromatic carbocycles. The molecule has 0 spiro atoms. The molecule has 21 heavy (non-hydrogen) atoms. The smallest absolute Gasteiger partial charge is 0.254 e. The topological polar surface area (TPSA) is 8.81 Å². The van der Waals surface area contributed by atoms with E-state index in [9.17, 15) is 0 Å². The molecule has 0 bridgehead atoms. The Morgan fingerprint density at radius 2 is 1.62 bits per heavy atom. The number of fused-ring (bicyclic) bond motifs is 1. The molecule has 0 aliphatic rings. The molecule has 0 atom stereocenters. The van der Waals surface area contributed by atoms with Crippen LogP contribution in [0.2, 0.25) is 0 Å². The first-order chi connectivity index (χ1) is 9.81. The largest absolute Gasteiger partial charge is 1.00 e.